The molecule has 32 heavy (non-hydrogen) atoms. The van der Waals surface area contributed by atoms with Crippen LogP contribution in [0, 0.1) is 17.7 Å². The van der Waals surface area contributed by atoms with Gasteiger partial charge in [0.2, 0.25) is 0 Å². The molecule has 3 rings (SSSR count). The van der Waals surface area contributed by atoms with Gasteiger partial charge in [-0.2, -0.15) is 10.2 Å². The van der Waals surface area contributed by atoms with E-state index in [1.54, 1.807) is 6.07 Å². The van der Waals surface area contributed by atoms with Crippen molar-refractivity contribution in [1.82, 2.24) is 10.2 Å². The normalized spacial score (nSPS) is 18.7. The molecule has 1 heterocycles. The third-order valence-corrected chi connectivity index (χ3v) is 7.36. The molecule has 1 aliphatic rings. The zero-order valence-electron chi connectivity index (χ0n) is 20.4. The predicted molar refractivity (Wildman–Crippen MR) is 133 cm³/mol. The largest absolute Gasteiger partial charge is 0.207 e. The molecular formula is C29H43FN2. The van der Waals surface area contributed by atoms with E-state index < -0.39 is 0 Å². The minimum atomic E-state index is -0.0971. The summed E-state index contributed by atoms with van der Waals surface area (Å²) in [4.78, 5) is 0. The monoisotopic (exact) mass is 438 g/mol. The molecule has 176 valence electrons. The molecule has 1 fully saturated rings. The molecular weight excluding hydrogens is 395 g/mol. The second-order valence-corrected chi connectivity index (χ2v) is 9.95. The molecule has 0 atom stereocenters. The molecule has 0 spiro atoms. The van der Waals surface area contributed by atoms with Gasteiger partial charge in [0.15, 0.2) is 0 Å². The lowest BCUT2D eigenvalue weighted by molar-refractivity contribution is 0.248. The molecule has 2 aromatic rings. The van der Waals surface area contributed by atoms with Crippen LogP contribution in [0.3, 0.4) is 0 Å². The SMILES string of the molecule is CCCCCCCC1CCC(CCc2ccc(-c3ccc(CCCC)nn3)cc2F)CC1. The summed E-state index contributed by atoms with van der Waals surface area (Å²) in [5, 5.41) is 8.63. The van der Waals surface area contributed by atoms with Crippen molar-refractivity contribution in [2.75, 3.05) is 0 Å². The van der Waals surface area contributed by atoms with Gasteiger partial charge in [0.1, 0.15) is 5.82 Å². The third kappa shape index (κ3) is 7.98. The van der Waals surface area contributed by atoms with E-state index in [1.165, 1.54) is 64.2 Å². The first-order chi connectivity index (χ1) is 15.7. The predicted octanol–water partition coefficient (Wildman–Crippen LogP) is 8.72. The van der Waals surface area contributed by atoms with Gasteiger partial charge in [-0.3, -0.25) is 0 Å². The highest BCUT2D eigenvalue weighted by molar-refractivity contribution is 5.59. The van der Waals surface area contributed by atoms with Crippen molar-refractivity contribution >= 4 is 0 Å². The molecule has 1 saturated carbocycles. The summed E-state index contributed by atoms with van der Waals surface area (Å²) < 4.78 is 14.8. The third-order valence-electron chi connectivity index (χ3n) is 7.36. The number of hydrogen-bond acceptors (Lipinski definition) is 2. The number of hydrogen-bond donors (Lipinski definition) is 0. The zero-order chi connectivity index (χ0) is 22.6. The molecule has 1 aromatic heterocycles. The van der Waals surface area contributed by atoms with Crippen LogP contribution in [-0.2, 0) is 12.8 Å². The molecule has 0 unspecified atom stereocenters. The van der Waals surface area contributed by atoms with Crippen LogP contribution in [0.1, 0.15) is 109 Å². The van der Waals surface area contributed by atoms with Crippen LogP contribution < -0.4 is 0 Å². The topological polar surface area (TPSA) is 25.8 Å². The van der Waals surface area contributed by atoms with E-state index in [0.717, 1.165) is 66.5 Å². The van der Waals surface area contributed by atoms with Crippen molar-refractivity contribution in [3.05, 3.63) is 47.4 Å². The highest BCUT2D eigenvalue weighted by Crippen LogP contribution is 2.34. The Labute approximate surface area is 195 Å². The van der Waals surface area contributed by atoms with Crippen LogP contribution in [0.5, 0.6) is 0 Å². The van der Waals surface area contributed by atoms with E-state index in [0.29, 0.717) is 0 Å². The Morgan fingerprint density at radius 3 is 2.12 bits per heavy atom. The summed E-state index contributed by atoms with van der Waals surface area (Å²) in [6.07, 6.45) is 19.0. The van der Waals surface area contributed by atoms with Crippen LogP contribution in [0.15, 0.2) is 30.3 Å². The maximum absolute atomic E-state index is 14.8. The number of benzene rings is 1. The van der Waals surface area contributed by atoms with Crippen molar-refractivity contribution < 1.29 is 4.39 Å². The Bertz CT molecular complexity index is 778. The Hall–Kier alpha value is -1.77. The lowest BCUT2D eigenvalue weighted by Crippen LogP contribution is -2.15. The van der Waals surface area contributed by atoms with E-state index in [9.17, 15) is 4.39 Å². The van der Waals surface area contributed by atoms with Crippen LogP contribution in [0.4, 0.5) is 4.39 Å². The number of unbranched alkanes of at least 4 members (excludes halogenated alkanes) is 5. The van der Waals surface area contributed by atoms with Gasteiger partial charge in [-0.25, -0.2) is 4.39 Å². The van der Waals surface area contributed by atoms with Crippen molar-refractivity contribution in [3.8, 4) is 11.3 Å². The first-order valence-corrected chi connectivity index (χ1v) is 13.3. The molecule has 0 aliphatic heterocycles. The summed E-state index contributed by atoms with van der Waals surface area (Å²) >= 11 is 0. The van der Waals surface area contributed by atoms with E-state index in [1.807, 2.05) is 24.3 Å². The fourth-order valence-electron chi connectivity index (χ4n) is 5.12. The first kappa shape index (κ1) is 24.9. The molecule has 3 heteroatoms. The minimum Gasteiger partial charge on any atom is -0.207 e. The Kier molecular flexibility index (Phi) is 10.6. The number of rotatable bonds is 13. The van der Waals surface area contributed by atoms with Gasteiger partial charge in [-0.05, 0) is 61.3 Å². The van der Waals surface area contributed by atoms with Crippen molar-refractivity contribution in [2.45, 2.75) is 110 Å². The number of aryl methyl sites for hydroxylation is 2. The van der Waals surface area contributed by atoms with Crippen LogP contribution in [-0.4, -0.2) is 10.2 Å². The van der Waals surface area contributed by atoms with Gasteiger partial charge in [0, 0.05) is 5.56 Å². The first-order valence-electron chi connectivity index (χ1n) is 13.3. The van der Waals surface area contributed by atoms with Gasteiger partial charge in [-0.1, -0.05) is 96.6 Å². The fraction of sp³-hybridized carbons (Fsp3) is 0.655. The Morgan fingerprint density at radius 2 is 1.47 bits per heavy atom. The van der Waals surface area contributed by atoms with Gasteiger partial charge >= 0.3 is 0 Å². The van der Waals surface area contributed by atoms with Gasteiger partial charge < -0.3 is 0 Å². The average molecular weight is 439 g/mol. The smallest absolute Gasteiger partial charge is 0.127 e. The van der Waals surface area contributed by atoms with Crippen LogP contribution in [0.25, 0.3) is 11.3 Å². The molecule has 1 aliphatic carbocycles. The number of nitrogens with zero attached hydrogens (tertiary/aromatic N) is 2. The maximum atomic E-state index is 14.8. The van der Waals surface area contributed by atoms with E-state index in [-0.39, 0.29) is 5.82 Å². The van der Waals surface area contributed by atoms with Crippen molar-refractivity contribution in [3.63, 3.8) is 0 Å². The number of aromatic nitrogens is 2. The van der Waals surface area contributed by atoms with E-state index in [2.05, 4.69) is 24.0 Å². The average Bonchev–Trinajstić information content (AvgIpc) is 2.83. The summed E-state index contributed by atoms with van der Waals surface area (Å²) in [6, 6.07) is 9.59. The fourth-order valence-corrected chi connectivity index (χ4v) is 5.12. The standard InChI is InChI=1S/C29H43FN2/c1-3-5-7-8-9-10-23-12-14-24(15-13-23)16-17-25-18-19-26(22-28(25)30)29-21-20-27(31-32-29)11-6-4-2/h18-24H,3-17H2,1-2H3. The van der Waals surface area contributed by atoms with E-state index in [4.69, 9.17) is 0 Å². The zero-order valence-corrected chi connectivity index (χ0v) is 20.4. The summed E-state index contributed by atoms with van der Waals surface area (Å²) in [6.45, 7) is 4.46. The lowest BCUT2D eigenvalue weighted by atomic mass is 9.77. The second kappa shape index (κ2) is 13.7. The van der Waals surface area contributed by atoms with Gasteiger partial charge in [0.05, 0.1) is 11.4 Å². The molecule has 0 N–H and O–H groups in total. The van der Waals surface area contributed by atoms with Gasteiger partial charge in [0.25, 0.3) is 0 Å². The summed E-state index contributed by atoms with van der Waals surface area (Å²) in [7, 11) is 0. The van der Waals surface area contributed by atoms with Gasteiger partial charge in [-0.15, -0.1) is 0 Å². The summed E-state index contributed by atoms with van der Waals surface area (Å²) in [5.74, 6) is 1.62. The minimum absolute atomic E-state index is 0.0971. The maximum Gasteiger partial charge on any atom is 0.127 e. The van der Waals surface area contributed by atoms with Crippen LogP contribution in [0.2, 0.25) is 0 Å². The Morgan fingerprint density at radius 1 is 0.750 bits per heavy atom. The number of halogens is 1. The molecule has 0 bridgehead atoms. The molecule has 0 radical (unpaired) electrons. The Balaban J connectivity index is 1.42. The highest BCUT2D eigenvalue weighted by Gasteiger charge is 2.21. The molecule has 0 amide bonds. The highest BCUT2D eigenvalue weighted by atomic mass is 19.1. The summed E-state index contributed by atoms with van der Waals surface area (Å²) in [5.41, 5.74) is 3.43. The molecule has 1 aromatic carbocycles. The quantitative estimate of drug-likeness (QED) is 0.292. The van der Waals surface area contributed by atoms with Crippen molar-refractivity contribution in [1.29, 1.82) is 0 Å². The van der Waals surface area contributed by atoms with E-state index >= 15 is 0 Å². The van der Waals surface area contributed by atoms with Crippen LogP contribution >= 0.6 is 0 Å². The van der Waals surface area contributed by atoms with Crippen molar-refractivity contribution in [2.24, 2.45) is 11.8 Å². The second-order valence-electron chi connectivity index (χ2n) is 9.95. The molecule has 0 saturated heterocycles. The lowest BCUT2D eigenvalue weighted by Gasteiger charge is -2.28. The molecule has 2 nitrogen and oxygen atoms in total.